The molecule has 34 heavy (non-hydrogen) atoms. The summed E-state index contributed by atoms with van der Waals surface area (Å²) in [7, 11) is 0. The summed E-state index contributed by atoms with van der Waals surface area (Å²) in [5, 5.41) is 40.0. The van der Waals surface area contributed by atoms with Crippen molar-refractivity contribution in [1.29, 1.82) is 0 Å². The molecule has 4 aliphatic carbocycles. The summed E-state index contributed by atoms with van der Waals surface area (Å²) in [6.07, 6.45) is 0.706. The minimum atomic E-state index is -1.60. The monoisotopic (exact) mass is 480 g/mol. The van der Waals surface area contributed by atoms with Gasteiger partial charge < -0.3 is 29.9 Å². The Kier molecular flexibility index (Phi) is 5.77. The molecule has 0 radical (unpaired) electrons. The van der Waals surface area contributed by atoms with Crippen molar-refractivity contribution in [2.45, 2.75) is 109 Å². The third-order valence-electron chi connectivity index (χ3n) is 10.9. The van der Waals surface area contributed by atoms with Crippen LogP contribution in [0.2, 0.25) is 0 Å². The molecule has 4 saturated carbocycles. The van der Waals surface area contributed by atoms with Crippen molar-refractivity contribution in [1.82, 2.24) is 0 Å². The van der Waals surface area contributed by atoms with Gasteiger partial charge in [0.2, 0.25) is 6.29 Å². The van der Waals surface area contributed by atoms with Gasteiger partial charge in [-0.05, 0) is 74.5 Å². The molecule has 1 spiro atoms. The molecule has 1 heterocycles. The summed E-state index contributed by atoms with van der Waals surface area (Å²) < 4.78 is 11.1. The van der Waals surface area contributed by atoms with Gasteiger partial charge in [-0.25, -0.2) is 0 Å². The molecular weight excluding hydrogens is 440 g/mol. The van der Waals surface area contributed by atoms with Gasteiger partial charge in [-0.15, -0.1) is 0 Å². The van der Waals surface area contributed by atoms with E-state index in [-0.39, 0.29) is 22.2 Å². The molecule has 2 bridgehead atoms. The fraction of sp³-hybridized carbons (Fsp3) is 0.923. The molecule has 0 unspecified atom stereocenters. The van der Waals surface area contributed by atoms with Crippen LogP contribution in [0.1, 0.15) is 78.6 Å². The van der Waals surface area contributed by atoms with Crippen LogP contribution in [-0.2, 0) is 19.1 Å². The van der Waals surface area contributed by atoms with Crippen LogP contribution in [0.4, 0.5) is 0 Å². The Balaban J connectivity index is 1.39. The number of fused-ring (bicyclic) bond motifs is 3. The number of ketones is 1. The van der Waals surface area contributed by atoms with Crippen molar-refractivity contribution in [3.63, 3.8) is 0 Å². The third kappa shape index (κ3) is 3.28. The van der Waals surface area contributed by atoms with Crippen molar-refractivity contribution in [2.75, 3.05) is 6.61 Å². The third-order valence-corrected chi connectivity index (χ3v) is 10.9. The highest BCUT2D eigenvalue weighted by molar-refractivity contribution is 5.88. The molecule has 5 fully saturated rings. The molecule has 1 aliphatic heterocycles. The van der Waals surface area contributed by atoms with E-state index in [4.69, 9.17) is 9.47 Å². The van der Waals surface area contributed by atoms with Gasteiger partial charge in [0.1, 0.15) is 30.2 Å². The van der Waals surface area contributed by atoms with Gasteiger partial charge >= 0.3 is 5.97 Å². The van der Waals surface area contributed by atoms with Gasteiger partial charge in [-0.3, -0.25) is 9.59 Å². The highest BCUT2D eigenvalue weighted by atomic mass is 16.7. The Morgan fingerprint density at radius 2 is 1.71 bits per heavy atom. The fourth-order valence-electron chi connectivity index (χ4n) is 9.15. The number of carbonyl (C=O) groups is 2. The maximum absolute atomic E-state index is 13.7. The van der Waals surface area contributed by atoms with Gasteiger partial charge in [-0.2, -0.15) is 0 Å². The molecule has 0 aromatic carbocycles. The Bertz CT molecular complexity index is 860. The topological polar surface area (TPSA) is 134 Å². The van der Waals surface area contributed by atoms with E-state index in [2.05, 4.69) is 13.8 Å². The van der Waals surface area contributed by atoms with Crippen LogP contribution in [0, 0.1) is 33.5 Å². The van der Waals surface area contributed by atoms with E-state index in [1.807, 2.05) is 6.92 Å². The molecule has 4 N–H and O–H groups in total. The quantitative estimate of drug-likeness (QED) is 0.449. The molecule has 5 rings (SSSR count). The van der Waals surface area contributed by atoms with Crippen LogP contribution < -0.4 is 0 Å². The smallest absolute Gasteiger partial charge is 0.314 e. The minimum Gasteiger partial charge on any atom is -0.432 e. The maximum Gasteiger partial charge on any atom is 0.314 e. The summed E-state index contributed by atoms with van der Waals surface area (Å²) in [5.74, 6) is 0.435. The van der Waals surface area contributed by atoms with Gasteiger partial charge in [-0.1, -0.05) is 20.3 Å². The van der Waals surface area contributed by atoms with E-state index in [1.54, 1.807) is 0 Å². The zero-order valence-corrected chi connectivity index (χ0v) is 20.5. The first-order chi connectivity index (χ1) is 15.9. The van der Waals surface area contributed by atoms with E-state index >= 15 is 0 Å². The number of esters is 1. The van der Waals surface area contributed by atoms with Crippen molar-refractivity contribution in [2.24, 2.45) is 33.5 Å². The number of rotatable bonds is 3. The number of carbonyl (C=O) groups excluding carboxylic acids is 2. The van der Waals surface area contributed by atoms with Crippen molar-refractivity contribution in [3.05, 3.63) is 0 Å². The first-order valence-electron chi connectivity index (χ1n) is 13.0. The summed E-state index contributed by atoms with van der Waals surface area (Å²) >= 11 is 0. The SMILES string of the molecule is C[C@@]12CC[C@@H]3[C@@](CC[C@H]4[C@@]3(C)CCC[C@@]4(C)C(=O)O[C@@H]3O[C@H](CO)[C@@H](O)[C@H](O)[C@H]3O)(CC1=O)C2. The molecule has 1 saturated heterocycles. The van der Waals surface area contributed by atoms with Gasteiger partial charge in [0, 0.05) is 11.8 Å². The molecule has 192 valence electrons. The molecule has 11 atom stereocenters. The number of hydrogen-bond acceptors (Lipinski definition) is 8. The Labute approximate surface area is 201 Å². The van der Waals surface area contributed by atoms with Gasteiger partial charge in [0.05, 0.1) is 12.0 Å². The van der Waals surface area contributed by atoms with E-state index in [9.17, 15) is 30.0 Å². The lowest BCUT2D eigenvalue weighted by Crippen LogP contribution is -2.62. The second kappa shape index (κ2) is 7.97. The van der Waals surface area contributed by atoms with Gasteiger partial charge in [0.15, 0.2) is 0 Å². The Hall–Kier alpha value is -1.06. The fourth-order valence-corrected chi connectivity index (χ4v) is 9.15. The molecule has 0 amide bonds. The number of ether oxygens (including phenoxy) is 2. The number of aliphatic hydroxyl groups excluding tert-OH is 4. The number of aliphatic hydroxyl groups is 4. The van der Waals surface area contributed by atoms with Gasteiger partial charge in [0.25, 0.3) is 0 Å². The predicted octanol–water partition coefficient (Wildman–Crippen LogP) is 1.70. The summed E-state index contributed by atoms with van der Waals surface area (Å²) in [5.41, 5.74) is -0.989. The lowest BCUT2D eigenvalue weighted by Gasteiger charge is -2.64. The Morgan fingerprint density at radius 1 is 1.00 bits per heavy atom. The van der Waals surface area contributed by atoms with Crippen molar-refractivity contribution >= 4 is 11.8 Å². The van der Waals surface area contributed by atoms with E-state index in [0.717, 1.165) is 44.9 Å². The second-order valence-electron chi connectivity index (χ2n) is 12.8. The van der Waals surface area contributed by atoms with E-state index in [0.29, 0.717) is 24.5 Å². The zero-order chi connectivity index (χ0) is 24.7. The molecule has 0 aromatic heterocycles. The molecular formula is C26H40O8. The molecule has 8 nitrogen and oxygen atoms in total. The second-order valence-corrected chi connectivity index (χ2v) is 12.8. The summed E-state index contributed by atoms with van der Waals surface area (Å²) in [6, 6.07) is 0. The van der Waals surface area contributed by atoms with E-state index < -0.39 is 48.7 Å². The van der Waals surface area contributed by atoms with Crippen LogP contribution in [0.3, 0.4) is 0 Å². The molecule has 0 aromatic rings. The van der Waals surface area contributed by atoms with Crippen molar-refractivity contribution in [3.8, 4) is 0 Å². The van der Waals surface area contributed by atoms with Crippen LogP contribution in [-0.4, -0.2) is 69.5 Å². The minimum absolute atomic E-state index is 0.0504. The largest absolute Gasteiger partial charge is 0.432 e. The average Bonchev–Trinajstić information content (AvgIpc) is 2.96. The first-order valence-corrected chi connectivity index (χ1v) is 13.0. The number of hydrogen-bond donors (Lipinski definition) is 4. The summed E-state index contributed by atoms with van der Waals surface area (Å²) in [4.78, 5) is 26.6. The highest BCUT2D eigenvalue weighted by Gasteiger charge is 2.68. The predicted molar refractivity (Wildman–Crippen MR) is 120 cm³/mol. The average molecular weight is 481 g/mol. The van der Waals surface area contributed by atoms with Crippen LogP contribution in [0.5, 0.6) is 0 Å². The normalized spacial score (nSPS) is 54.8. The lowest BCUT2D eigenvalue weighted by atomic mass is 9.40. The van der Waals surface area contributed by atoms with Crippen molar-refractivity contribution < 1.29 is 39.5 Å². The molecule has 8 heteroatoms. The lowest BCUT2D eigenvalue weighted by molar-refractivity contribution is -0.298. The van der Waals surface area contributed by atoms with Crippen LogP contribution >= 0.6 is 0 Å². The highest BCUT2D eigenvalue weighted by Crippen LogP contribution is 2.73. The standard InChI is InChI=1S/C26H40O8/c1-23-9-5-16-24(2)7-4-8-25(3,15(24)6-10-26(16,13-23)11-17(23)28)22(32)34-21-20(31)19(30)18(29)14(12-27)33-21/h14-16,18-21,27,29-31H,4-13H2,1-3H3/t14-,15+,16+,18-,19+,20-,21+,23+,24-,25-,26+/m1/s1. The Morgan fingerprint density at radius 3 is 2.41 bits per heavy atom. The maximum atomic E-state index is 13.7. The zero-order valence-electron chi connectivity index (χ0n) is 20.5. The molecule has 5 aliphatic rings. The van der Waals surface area contributed by atoms with Crippen LogP contribution in [0.15, 0.2) is 0 Å². The number of Topliss-reactive ketones (excluding diaryl/α,β-unsaturated/α-hetero) is 1. The summed E-state index contributed by atoms with van der Waals surface area (Å²) in [6.45, 7) is 5.83. The van der Waals surface area contributed by atoms with Crippen LogP contribution in [0.25, 0.3) is 0 Å². The first kappa shape index (κ1) is 24.6. The van der Waals surface area contributed by atoms with E-state index in [1.165, 1.54) is 0 Å².